The van der Waals surface area contributed by atoms with Crippen LogP contribution in [0.25, 0.3) is 16.8 Å². The van der Waals surface area contributed by atoms with E-state index in [1.54, 1.807) is 20.8 Å². The van der Waals surface area contributed by atoms with Crippen LogP contribution in [0.5, 0.6) is 5.75 Å². The molecule has 22 heteroatoms. The van der Waals surface area contributed by atoms with Gasteiger partial charge in [-0.2, -0.15) is 36.7 Å². The maximum absolute atomic E-state index is 14.8. The molecule has 1 fully saturated rings. The summed E-state index contributed by atoms with van der Waals surface area (Å²) in [6.07, 6.45) is -17.4. The fourth-order valence-electron chi connectivity index (χ4n) is 5.27. The number of alkyl halides is 10. The number of aromatic nitrogens is 2. The first-order valence-corrected chi connectivity index (χ1v) is 17.0. The summed E-state index contributed by atoms with van der Waals surface area (Å²) in [5.74, 6) is -4.32. The lowest BCUT2D eigenvalue weighted by atomic mass is 9.89. The molecule has 1 aromatic heterocycles. The monoisotopic (exact) mass is 862 g/mol. The molecule has 4 rings (SSSR count). The van der Waals surface area contributed by atoms with Crippen LogP contribution < -0.4 is 4.74 Å². The molecule has 57 heavy (non-hydrogen) atoms. The molecule has 10 nitrogen and oxygen atoms in total. The lowest BCUT2D eigenvalue weighted by Gasteiger charge is -2.31. The van der Waals surface area contributed by atoms with Crippen LogP contribution in [0.3, 0.4) is 0 Å². The molecule has 1 amide bonds. The van der Waals surface area contributed by atoms with Crippen molar-refractivity contribution in [1.82, 2.24) is 14.7 Å². The summed E-state index contributed by atoms with van der Waals surface area (Å²) in [6, 6.07) is 5.01. The lowest BCUT2D eigenvalue weighted by molar-refractivity contribution is -0.348. The number of hydrogen-bond acceptors (Lipinski definition) is 8. The van der Waals surface area contributed by atoms with Gasteiger partial charge in [-0.25, -0.2) is 9.07 Å². The van der Waals surface area contributed by atoms with Crippen LogP contribution in [0.1, 0.15) is 69.8 Å². The van der Waals surface area contributed by atoms with Gasteiger partial charge in [0.05, 0.1) is 39.7 Å². The Morgan fingerprint density at radius 1 is 0.895 bits per heavy atom. The van der Waals surface area contributed by atoms with E-state index in [1.165, 1.54) is 26.0 Å². The molecule has 0 atom stereocenters. The van der Waals surface area contributed by atoms with E-state index < -0.39 is 100 Å². The molecule has 310 valence electrons. The van der Waals surface area contributed by atoms with Gasteiger partial charge in [-0.15, -0.1) is 13.2 Å². The van der Waals surface area contributed by atoms with Crippen LogP contribution in [0.15, 0.2) is 42.7 Å². The van der Waals surface area contributed by atoms with Gasteiger partial charge in [0.25, 0.3) is 5.91 Å². The fraction of sp³-hybridized carbons (Fsp3) is 0.457. The number of nitrogens with zero attached hydrogens (tertiary/aromatic N) is 4. The number of hydrogen-bond donors (Lipinski definition) is 0. The van der Waals surface area contributed by atoms with Gasteiger partial charge < -0.3 is 14.2 Å². The zero-order valence-electron chi connectivity index (χ0n) is 30.1. The minimum absolute atomic E-state index is 0.0481. The summed E-state index contributed by atoms with van der Waals surface area (Å²) in [5, 5.41) is 12.3. The van der Waals surface area contributed by atoms with Gasteiger partial charge in [-0.1, -0.05) is 29.3 Å². The first kappa shape index (κ1) is 44.9. The molecule has 1 aliphatic rings. The highest BCUT2D eigenvalue weighted by Crippen LogP contribution is 2.55. The Kier molecular flexibility index (Phi) is 12.0. The van der Waals surface area contributed by atoms with E-state index in [2.05, 4.69) is 9.84 Å². The van der Waals surface area contributed by atoms with Gasteiger partial charge in [-0.3, -0.25) is 19.3 Å². The summed E-state index contributed by atoms with van der Waals surface area (Å²) in [6.45, 7) is 7.03. The number of benzene rings is 2. The van der Waals surface area contributed by atoms with E-state index in [9.17, 15) is 63.5 Å². The van der Waals surface area contributed by atoms with E-state index >= 15 is 0 Å². The molecule has 0 saturated heterocycles. The summed E-state index contributed by atoms with van der Waals surface area (Å²) >= 11 is 12.3. The van der Waals surface area contributed by atoms with E-state index in [1.807, 2.05) is 6.07 Å². The number of amides is 1. The van der Waals surface area contributed by atoms with Crippen molar-refractivity contribution >= 4 is 41.0 Å². The van der Waals surface area contributed by atoms with Crippen LogP contribution >= 0.6 is 23.2 Å². The number of carbonyl (C=O) groups is 3. The molecule has 3 aromatic rings. The zero-order chi connectivity index (χ0) is 43.3. The molecule has 0 aliphatic heterocycles. The second kappa shape index (κ2) is 15.2. The highest BCUT2D eigenvalue weighted by molar-refractivity contribution is 6.34. The van der Waals surface area contributed by atoms with Crippen molar-refractivity contribution in [3.05, 3.63) is 63.9 Å². The van der Waals surface area contributed by atoms with Gasteiger partial charge in [0, 0.05) is 17.3 Å². The van der Waals surface area contributed by atoms with Crippen molar-refractivity contribution in [3.63, 3.8) is 0 Å². The van der Waals surface area contributed by atoms with Crippen molar-refractivity contribution < 1.29 is 72.5 Å². The molecule has 1 aliphatic carbocycles. The SMILES string of the molecule is CC(C)(C)OC(=O)C(C)(C)CC(=O)OCN(C(=O)c1cc(-c2cnn(-c3c(Cl)cc(C(F)(C(F)(F)F)C(F)(F)F)cc3OC(F)(F)F)c2)ccc1Cl)C1(C#N)CC1. The minimum Gasteiger partial charge on any atom is -0.460 e. The topological polar surface area (TPSA) is 124 Å². The zero-order valence-corrected chi connectivity index (χ0v) is 31.7. The summed E-state index contributed by atoms with van der Waals surface area (Å²) < 4.78 is 151. The van der Waals surface area contributed by atoms with Gasteiger partial charge in [0.1, 0.15) is 16.8 Å². The van der Waals surface area contributed by atoms with Crippen LogP contribution in [-0.4, -0.2) is 69.1 Å². The number of carbonyl (C=O) groups excluding carboxylic acids is 3. The highest BCUT2D eigenvalue weighted by Gasteiger charge is 2.73. The Bertz CT molecular complexity index is 2080. The fourth-order valence-corrected chi connectivity index (χ4v) is 5.76. The molecule has 1 heterocycles. The first-order chi connectivity index (χ1) is 25.9. The Labute approximate surface area is 327 Å². The second-order valence-electron chi connectivity index (χ2n) is 14.5. The van der Waals surface area contributed by atoms with Crippen molar-refractivity contribution in [1.29, 1.82) is 5.26 Å². The van der Waals surface area contributed by atoms with Crippen LogP contribution in [0.4, 0.5) is 43.9 Å². The number of nitriles is 1. The minimum atomic E-state index is -6.70. The van der Waals surface area contributed by atoms with Crippen molar-refractivity contribution in [2.24, 2.45) is 5.41 Å². The third-order valence-corrected chi connectivity index (χ3v) is 8.98. The van der Waals surface area contributed by atoms with E-state index in [0.29, 0.717) is 4.68 Å². The standard InChI is InChI=1S/C35H30Cl2F10N4O6/c1-29(2,3)57-28(54)30(4,5)13-25(52)55-17-50(31(16-48)8-9-31)27(53)21-10-18(6-7-22(21)36)19-14-49-51(15-19)26-23(37)11-20(12-24(26)56-35(45,46)47)32(38,33(39,40)41)34(42,43)44/h6-7,10-12,14-15H,8-9,13,17H2,1-5H3. The third-order valence-electron chi connectivity index (χ3n) is 8.36. The second-order valence-corrected chi connectivity index (χ2v) is 15.3. The predicted octanol–water partition coefficient (Wildman–Crippen LogP) is 9.79. The first-order valence-electron chi connectivity index (χ1n) is 16.3. The molecule has 1 saturated carbocycles. The predicted molar refractivity (Wildman–Crippen MR) is 180 cm³/mol. The van der Waals surface area contributed by atoms with Crippen molar-refractivity contribution in [2.75, 3.05) is 6.73 Å². The lowest BCUT2D eigenvalue weighted by Crippen LogP contribution is -2.50. The largest absolute Gasteiger partial charge is 0.573 e. The maximum atomic E-state index is 14.8. The number of rotatable bonds is 11. The molecular formula is C35H30Cl2F10N4O6. The Morgan fingerprint density at radius 3 is 2.00 bits per heavy atom. The van der Waals surface area contributed by atoms with Crippen LogP contribution in [0, 0.1) is 16.7 Å². The smallest absolute Gasteiger partial charge is 0.460 e. The van der Waals surface area contributed by atoms with Gasteiger partial charge in [0.15, 0.2) is 12.5 Å². The number of halogens is 12. The third kappa shape index (κ3) is 9.68. The molecule has 0 N–H and O–H groups in total. The number of esters is 2. The average molecular weight is 864 g/mol. The van der Waals surface area contributed by atoms with Crippen LogP contribution in [-0.2, 0) is 24.7 Å². The molecule has 0 unspecified atom stereocenters. The summed E-state index contributed by atoms with van der Waals surface area (Å²) in [5.41, 5.74) is -13.5. The molecule has 0 spiro atoms. The van der Waals surface area contributed by atoms with Gasteiger partial charge in [0.2, 0.25) is 0 Å². The molecule has 2 aromatic carbocycles. The maximum Gasteiger partial charge on any atom is 0.573 e. The Hall–Kier alpha value is -4.77. The molecule has 0 bridgehead atoms. The van der Waals surface area contributed by atoms with Gasteiger partial charge >= 0.3 is 36.3 Å². The quantitative estimate of drug-likeness (QED) is 0.106. The van der Waals surface area contributed by atoms with E-state index in [-0.39, 0.29) is 40.6 Å². The normalized spacial score (nSPS) is 14.7. The summed E-state index contributed by atoms with van der Waals surface area (Å²) in [7, 11) is 0. The summed E-state index contributed by atoms with van der Waals surface area (Å²) in [4.78, 5) is 40.4. The van der Waals surface area contributed by atoms with Crippen LogP contribution in [0.2, 0.25) is 10.0 Å². The highest BCUT2D eigenvalue weighted by atomic mass is 35.5. The van der Waals surface area contributed by atoms with E-state index in [0.717, 1.165) is 23.4 Å². The average Bonchev–Trinajstić information content (AvgIpc) is 3.69. The number of ether oxygens (including phenoxy) is 3. The Balaban J connectivity index is 1.69. The molecular weight excluding hydrogens is 833 g/mol. The van der Waals surface area contributed by atoms with Crippen molar-refractivity contribution in [3.8, 4) is 28.6 Å². The Morgan fingerprint density at radius 2 is 1.49 bits per heavy atom. The van der Waals surface area contributed by atoms with Gasteiger partial charge in [-0.05, 0) is 77.3 Å². The molecule has 0 radical (unpaired) electrons. The van der Waals surface area contributed by atoms with Crippen molar-refractivity contribution in [2.45, 2.75) is 89.4 Å². The van der Waals surface area contributed by atoms with E-state index in [4.69, 9.17) is 32.7 Å².